The number of hydrogen-bond acceptors (Lipinski definition) is 4. The normalized spacial score (nSPS) is 14.9. The van der Waals surface area contributed by atoms with Gasteiger partial charge in [0.05, 0.1) is 0 Å². The van der Waals surface area contributed by atoms with E-state index in [0.29, 0.717) is 6.61 Å². The van der Waals surface area contributed by atoms with E-state index in [1.54, 1.807) is 7.11 Å². The van der Waals surface area contributed by atoms with E-state index >= 15 is 0 Å². The van der Waals surface area contributed by atoms with Gasteiger partial charge >= 0.3 is 7.05 Å². The number of anilines is 1. The zero-order valence-electron chi connectivity index (χ0n) is 12.1. The Kier molecular flexibility index (Phi) is 5.08. The van der Waals surface area contributed by atoms with Crippen molar-refractivity contribution in [2.24, 2.45) is 0 Å². The fourth-order valence-corrected chi connectivity index (χ4v) is 2.50. The minimum Gasteiger partial charge on any atom is -0.437 e. The van der Waals surface area contributed by atoms with E-state index in [2.05, 4.69) is 22.7 Å². The van der Waals surface area contributed by atoms with E-state index in [1.165, 1.54) is 11.1 Å². The molecule has 0 amide bonds. The van der Waals surface area contributed by atoms with Gasteiger partial charge in [-0.25, -0.2) is 0 Å². The molecular weight excluding hydrogens is 251 g/mol. The highest BCUT2D eigenvalue weighted by Crippen LogP contribution is 2.22. The molecule has 0 fully saturated rings. The molecule has 1 heterocycles. The number of nitrogens with zero attached hydrogens (tertiary/aromatic N) is 1. The van der Waals surface area contributed by atoms with Crippen LogP contribution in [-0.2, 0) is 17.6 Å². The molecule has 3 N–H and O–H groups in total. The molecule has 2 rings (SSSR count). The highest BCUT2D eigenvalue weighted by atomic mass is 16.5. The largest absolute Gasteiger partial charge is 0.437 e. The minimum atomic E-state index is -0.400. The second kappa shape index (κ2) is 6.80. The topological polar surface area (TPSA) is 58.7 Å². The molecule has 20 heavy (non-hydrogen) atoms. The summed E-state index contributed by atoms with van der Waals surface area (Å²) >= 11 is 0. The maximum Gasteiger partial charge on any atom is 0.376 e. The van der Waals surface area contributed by atoms with E-state index in [4.69, 9.17) is 10.5 Å². The monoisotopic (exact) mass is 272 g/mol. The van der Waals surface area contributed by atoms with E-state index < -0.39 is 7.05 Å². The van der Waals surface area contributed by atoms with E-state index in [0.717, 1.165) is 37.2 Å². The van der Waals surface area contributed by atoms with Gasteiger partial charge in [-0.05, 0) is 56.0 Å². The summed E-state index contributed by atoms with van der Waals surface area (Å²) in [4.78, 5) is 2.08. The van der Waals surface area contributed by atoms with Crippen LogP contribution < -0.4 is 5.73 Å². The lowest BCUT2D eigenvalue weighted by atomic mass is 9.85. The molecule has 0 radical (unpaired) electrons. The average molecular weight is 272 g/mol. The first-order valence-electron chi connectivity index (χ1n) is 6.93. The SMILES string of the molecule is COCC#Cc1cc2c(cc1N)CCN(B(C)O)CC2. The summed E-state index contributed by atoms with van der Waals surface area (Å²) in [7, 11) is 1.22. The minimum absolute atomic E-state index is 0.400. The number of methoxy groups -OCH3 is 1. The van der Waals surface area contributed by atoms with Crippen molar-refractivity contribution in [3.63, 3.8) is 0 Å². The summed E-state index contributed by atoms with van der Waals surface area (Å²) < 4.78 is 4.93. The van der Waals surface area contributed by atoms with Gasteiger partial charge in [0.2, 0.25) is 0 Å². The fourth-order valence-electron chi connectivity index (χ4n) is 2.50. The molecule has 0 saturated heterocycles. The smallest absolute Gasteiger partial charge is 0.376 e. The molecule has 106 valence electrons. The Morgan fingerprint density at radius 3 is 2.60 bits per heavy atom. The summed E-state index contributed by atoms with van der Waals surface area (Å²) in [5.41, 5.74) is 10.2. The van der Waals surface area contributed by atoms with E-state index in [9.17, 15) is 5.02 Å². The number of ether oxygens (including phenoxy) is 1. The van der Waals surface area contributed by atoms with Crippen LogP contribution in [0.3, 0.4) is 0 Å². The van der Waals surface area contributed by atoms with Crippen molar-refractivity contribution in [3.05, 3.63) is 28.8 Å². The van der Waals surface area contributed by atoms with Crippen molar-refractivity contribution in [1.29, 1.82) is 0 Å². The van der Waals surface area contributed by atoms with Crippen LogP contribution in [0.15, 0.2) is 12.1 Å². The van der Waals surface area contributed by atoms with Crippen molar-refractivity contribution in [3.8, 4) is 11.8 Å². The van der Waals surface area contributed by atoms with Gasteiger partial charge in [-0.15, -0.1) is 0 Å². The third-order valence-electron chi connectivity index (χ3n) is 3.68. The van der Waals surface area contributed by atoms with E-state index in [1.807, 2.05) is 12.9 Å². The molecule has 0 bridgehead atoms. The van der Waals surface area contributed by atoms with Gasteiger partial charge in [0, 0.05) is 18.4 Å². The zero-order valence-corrected chi connectivity index (χ0v) is 12.1. The number of hydrogen-bond donors (Lipinski definition) is 2. The standard InChI is InChI=1S/C15H21BN2O2/c1-16(19)18-7-5-12-10-14(4-3-9-20-2)15(17)11-13(12)6-8-18/h10-11,19H,5-9,17H2,1-2H3. The highest BCUT2D eigenvalue weighted by Gasteiger charge is 2.20. The third-order valence-corrected chi connectivity index (χ3v) is 3.68. The molecule has 1 aromatic rings. The second-order valence-electron chi connectivity index (χ2n) is 5.11. The van der Waals surface area contributed by atoms with Crippen molar-refractivity contribution >= 4 is 12.7 Å². The summed E-state index contributed by atoms with van der Waals surface area (Å²) in [6, 6.07) is 4.11. The lowest BCUT2D eigenvalue weighted by Crippen LogP contribution is -2.38. The number of benzene rings is 1. The molecule has 0 spiro atoms. The van der Waals surface area contributed by atoms with Gasteiger partial charge in [-0.2, -0.15) is 0 Å². The van der Waals surface area contributed by atoms with Gasteiger partial charge in [-0.1, -0.05) is 11.8 Å². The lowest BCUT2D eigenvalue weighted by Gasteiger charge is -2.19. The molecule has 1 aromatic carbocycles. The summed E-state index contributed by atoms with van der Waals surface area (Å²) in [5, 5.41) is 9.70. The zero-order chi connectivity index (χ0) is 14.5. The first-order valence-corrected chi connectivity index (χ1v) is 6.93. The Hall–Kier alpha value is -1.48. The van der Waals surface area contributed by atoms with Gasteiger partial charge in [0.15, 0.2) is 0 Å². The van der Waals surface area contributed by atoms with Crippen LogP contribution in [0.5, 0.6) is 0 Å². The van der Waals surface area contributed by atoms with Crippen LogP contribution in [0.1, 0.15) is 16.7 Å². The molecule has 4 nitrogen and oxygen atoms in total. The first-order chi connectivity index (χ1) is 9.61. The first kappa shape index (κ1) is 14.9. The number of nitrogens with two attached hydrogens (primary N) is 1. The molecule has 0 saturated carbocycles. The molecule has 0 atom stereocenters. The van der Waals surface area contributed by atoms with Crippen LogP contribution in [-0.4, -0.2) is 43.7 Å². The summed E-state index contributed by atoms with van der Waals surface area (Å²) in [6.07, 6.45) is 1.83. The van der Waals surface area contributed by atoms with E-state index in [-0.39, 0.29) is 0 Å². The van der Waals surface area contributed by atoms with Gasteiger partial charge < -0.3 is 20.3 Å². The number of rotatable bonds is 2. The van der Waals surface area contributed by atoms with Crippen molar-refractivity contribution in [2.45, 2.75) is 19.7 Å². The Balaban J connectivity index is 2.22. The van der Waals surface area contributed by atoms with Crippen LogP contribution in [0, 0.1) is 11.8 Å². The molecule has 0 aliphatic carbocycles. The Bertz CT molecular complexity index is 535. The Morgan fingerprint density at radius 1 is 1.35 bits per heavy atom. The Morgan fingerprint density at radius 2 is 2.00 bits per heavy atom. The molecule has 0 unspecified atom stereocenters. The summed E-state index contributed by atoms with van der Waals surface area (Å²) in [5.74, 6) is 5.99. The summed E-state index contributed by atoms with van der Waals surface area (Å²) in [6.45, 7) is 3.94. The predicted octanol–water partition coefficient (Wildman–Crippen LogP) is 0.778. The maximum atomic E-state index is 9.70. The Labute approximate surface area is 121 Å². The van der Waals surface area contributed by atoms with Crippen LogP contribution in [0.25, 0.3) is 0 Å². The van der Waals surface area contributed by atoms with Gasteiger partial charge in [0.1, 0.15) is 6.61 Å². The van der Waals surface area contributed by atoms with Gasteiger partial charge in [0.25, 0.3) is 0 Å². The fraction of sp³-hybridized carbons (Fsp3) is 0.467. The van der Waals surface area contributed by atoms with Crippen LogP contribution in [0.4, 0.5) is 5.69 Å². The number of nitrogen functional groups attached to an aromatic ring is 1. The molecule has 5 heteroatoms. The molecular formula is C15H21BN2O2. The quantitative estimate of drug-likeness (QED) is 0.474. The average Bonchev–Trinajstić information content (AvgIpc) is 2.61. The number of fused-ring (bicyclic) bond motifs is 1. The van der Waals surface area contributed by atoms with Crippen LogP contribution >= 0.6 is 0 Å². The predicted molar refractivity (Wildman–Crippen MR) is 82.4 cm³/mol. The second-order valence-corrected chi connectivity index (χ2v) is 5.11. The molecule has 0 aromatic heterocycles. The molecule has 1 aliphatic rings. The highest BCUT2D eigenvalue weighted by molar-refractivity contribution is 6.45. The van der Waals surface area contributed by atoms with Crippen molar-refractivity contribution in [2.75, 3.05) is 32.5 Å². The van der Waals surface area contributed by atoms with Crippen LogP contribution in [0.2, 0.25) is 6.82 Å². The lowest BCUT2D eigenvalue weighted by molar-refractivity contribution is 0.240. The van der Waals surface area contributed by atoms with Crippen molar-refractivity contribution in [1.82, 2.24) is 4.81 Å². The third kappa shape index (κ3) is 3.54. The van der Waals surface area contributed by atoms with Crippen molar-refractivity contribution < 1.29 is 9.76 Å². The molecule has 1 aliphatic heterocycles. The van der Waals surface area contributed by atoms with Gasteiger partial charge in [-0.3, -0.25) is 0 Å². The maximum absolute atomic E-state index is 9.70.